The molecule has 2 rings (SSSR count). The molecule has 0 bridgehead atoms. The van der Waals surface area contributed by atoms with Gasteiger partial charge in [0, 0.05) is 12.1 Å². The first kappa shape index (κ1) is 21.6. The van der Waals surface area contributed by atoms with E-state index in [1.807, 2.05) is 25.1 Å². The molecule has 6 heteroatoms. The number of rotatable bonds is 9. The SMILES string of the molecule is C=CCc1cc(/C=C(/C#N)C(=O)NCc2ccc(OC)cc2)cc(OCC)c1O. The zero-order chi connectivity index (χ0) is 21.2. The molecule has 0 spiro atoms. The highest BCUT2D eigenvalue weighted by molar-refractivity contribution is 6.01. The van der Waals surface area contributed by atoms with Crippen molar-refractivity contribution in [3.8, 4) is 23.3 Å². The van der Waals surface area contributed by atoms with Crippen molar-refractivity contribution < 1.29 is 19.4 Å². The molecular formula is C23H24N2O4. The van der Waals surface area contributed by atoms with Gasteiger partial charge in [0.25, 0.3) is 5.91 Å². The normalized spacial score (nSPS) is 10.7. The van der Waals surface area contributed by atoms with E-state index in [0.717, 1.165) is 11.3 Å². The van der Waals surface area contributed by atoms with Gasteiger partial charge in [-0.1, -0.05) is 18.2 Å². The molecule has 2 N–H and O–H groups in total. The topological polar surface area (TPSA) is 91.6 Å². The number of benzene rings is 2. The monoisotopic (exact) mass is 392 g/mol. The first-order valence-electron chi connectivity index (χ1n) is 9.14. The van der Waals surface area contributed by atoms with Crippen LogP contribution >= 0.6 is 0 Å². The second-order valence-corrected chi connectivity index (χ2v) is 6.15. The van der Waals surface area contributed by atoms with Crippen LogP contribution in [0.3, 0.4) is 0 Å². The van der Waals surface area contributed by atoms with E-state index in [0.29, 0.717) is 29.9 Å². The van der Waals surface area contributed by atoms with Crippen molar-refractivity contribution in [3.05, 3.63) is 71.3 Å². The minimum absolute atomic E-state index is 0.0337. The number of allylic oxidation sites excluding steroid dienone is 1. The molecule has 0 radical (unpaired) electrons. The fraction of sp³-hybridized carbons (Fsp3) is 0.217. The predicted octanol–water partition coefficient (Wildman–Crippen LogP) is 3.75. The number of hydrogen-bond acceptors (Lipinski definition) is 5. The molecular weight excluding hydrogens is 368 g/mol. The summed E-state index contributed by atoms with van der Waals surface area (Å²) in [7, 11) is 1.58. The minimum Gasteiger partial charge on any atom is -0.504 e. The summed E-state index contributed by atoms with van der Waals surface area (Å²) in [5.41, 5.74) is 2.02. The molecule has 0 saturated carbocycles. The Bertz CT molecular complexity index is 941. The molecule has 6 nitrogen and oxygen atoms in total. The Morgan fingerprint density at radius 3 is 2.62 bits per heavy atom. The lowest BCUT2D eigenvalue weighted by Gasteiger charge is -2.11. The molecule has 0 unspecified atom stereocenters. The Kier molecular flexibility index (Phi) is 7.87. The Balaban J connectivity index is 2.21. The number of nitrogens with one attached hydrogen (secondary N) is 1. The summed E-state index contributed by atoms with van der Waals surface area (Å²) in [6.07, 6.45) is 3.56. The second kappa shape index (κ2) is 10.6. The summed E-state index contributed by atoms with van der Waals surface area (Å²) in [5, 5.41) is 22.4. The molecule has 0 heterocycles. The fourth-order valence-electron chi connectivity index (χ4n) is 2.69. The number of phenolic OH excluding ortho intramolecular Hbond substituents is 1. The van der Waals surface area contributed by atoms with Gasteiger partial charge in [-0.05, 0) is 54.8 Å². The molecule has 2 aromatic rings. The van der Waals surface area contributed by atoms with Crippen LogP contribution in [-0.4, -0.2) is 24.7 Å². The molecule has 150 valence electrons. The van der Waals surface area contributed by atoms with E-state index in [1.165, 1.54) is 6.08 Å². The number of ether oxygens (including phenoxy) is 2. The molecule has 0 aliphatic carbocycles. The third-order valence-electron chi connectivity index (χ3n) is 4.13. The van der Waals surface area contributed by atoms with Gasteiger partial charge in [-0.3, -0.25) is 4.79 Å². The number of nitriles is 1. The quantitative estimate of drug-likeness (QED) is 0.385. The molecule has 0 atom stereocenters. The Labute approximate surface area is 170 Å². The van der Waals surface area contributed by atoms with Crippen LogP contribution in [0.1, 0.15) is 23.6 Å². The highest BCUT2D eigenvalue weighted by Gasteiger charge is 2.13. The number of phenols is 1. The molecule has 2 aromatic carbocycles. The summed E-state index contributed by atoms with van der Waals surface area (Å²) >= 11 is 0. The van der Waals surface area contributed by atoms with Crippen LogP contribution in [-0.2, 0) is 17.8 Å². The summed E-state index contributed by atoms with van der Waals surface area (Å²) in [6.45, 7) is 6.15. The number of aromatic hydroxyl groups is 1. The Hall–Kier alpha value is -3.72. The van der Waals surface area contributed by atoms with E-state index in [9.17, 15) is 15.2 Å². The Morgan fingerprint density at radius 1 is 1.31 bits per heavy atom. The highest BCUT2D eigenvalue weighted by atomic mass is 16.5. The van der Waals surface area contributed by atoms with E-state index in [2.05, 4.69) is 11.9 Å². The van der Waals surface area contributed by atoms with Crippen molar-refractivity contribution in [2.45, 2.75) is 19.9 Å². The van der Waals surface area contributed by atoms with Gasteiger partial charge in [-0.2, -0.15) is 5.26 Å². The largest absolute Gasteiger partial charge is 0.504 e. The smallest absolute Gasteiger partial charge is 0.262 e. The van der Waals surface area contributed by atoms with Crippen molar-refractivity contribution in [3.63, 3.8) is 0 Å². The summed E-state index contributed by atoms with van der Waals surface area (Å²) < 4.78 is 10.6. The van der Waals surface area contributed by atoms with Gasteiger partial charge in [0.2, 0.25) is 0 Å². The van der Waals surface area contributed by atoms with Crippen molar-refractivity contribution >= 4 is 12.0 Å². The zero-order valence-electron chi connectivity index (χ0n) is 16.6. The first-order valence-corrected chi connectivity index (χ1v) is 9.14. The average Bonchev–Trinajstić information content (AvgIpc) is 2.74. The predicted molar refractivity (Wildman–Crippen MR) is 112 cm³/mol. The van der Waals surface area contributed by atoms with E-state index in [-0.39, 0.29) is 17.9 Å². The molecule has 29 heavy (non-hydrogen) atoms. The lowest BCUT2D eigenvalue weighted by atomic mass is 10.0. The van der Waals surface area contributed by atoms with E-state index < -0.39 is 5.91 Å². The third-order valence-corrected chi connectivity index (χ3v) is 4.13. The molecule has 0 aliphatic rings. The molecule has 0 aliphatic heterocycles. The van der Waals surface area contributed by atoms with Crippen molar-refractivity contribution in [2.24, 2.45) is 0 Å². The van der Waals surface area contributed by atoms with Crippen LogP contribution in [0.5, 0.6) is 17.2 Å². The number of nitrogens with zero attached hydrogens (tertiary/aromatic N) is 1. The maximum absolute atomic E-state index is 12.4. The number of carbonyl (C=O) groups is 1. The summed E-state index contributed by atoms with van der Waals surface area (Å²) in [4.78, 5) is 12.4. The average molecular weight is 392 g/mol. The van der Waals surface area contributed by atoms with E-state index >= 15 is 0 Å². The van der Waals surface area contributed by atoms with Gasteiger partial charge in [-0.15, -0.1) is 6.58 Å². The van der Waals surface area contributed by atoms with Gasteiger partial charge in [0.15, 0.2) is 11.5 Å². The van der Waals surface area contributed by atoms with Crippen LogP contribution in [0.4, 0.5) is 0 Å². The van der Waals surface area contributed by atoms with Gasteiger partial charge >= 0.3 is 0 Å². The molecule has 1 amide bonds. The molecule has 0 saturated heterocycles. The fourth-order valence-corrected chi connectivity index (χ4v) is 2.69. The van der Waals surface area contributed by atoms with Gasteiger partial charge in [0.05, 0.1) is 13.7 Å². The number of methoxy groups -OCH3 is 1. The summed E-state index contributed by atoms with van der Waals surface area (Å²) in [5.74, 6) is 0.575. The standard InChI is InChI=1S/C23H24N2O4/c1-4-6-18-11-17(13-21(22(18)26)29-5-2)12-19(14-24)23(27)25-15-16-7-9-20(28-3)10-8-16/h4,7-13,26H,1,5-6,15H2,2-3H3,(H,25,27)/b19-12-. The van der Waals surface area contributed by atoms with E-state index in [4.69, 9.17) is 9.47 Å². The van der Waals surface area contributed by atoms with Gasteiger partial charge in [0.1, 0.15) is 17.4 Å². The van der Waals surface area contributed by atoms with Crippen molar-refractivity contribution in [1.82, 2.24) is 5.32 Å². The third kappa shape index (κ3) is 5.88. The van der Waals surface area contributed by atoms with E-state index in [1.54, 1.807) is 37.5 Å². The van der Waals surface area contributed by atoms with Gasteiger partial charge < -0.3 is 19.9 Å². The lowest BCUT2D eigenvalue weighted by molar-refractivity contribution is -0.117. The minimum atomic E-state index is -0.486. The maximum Gasteiger partial charge on any atom is 0.262 e. The maximum atomic E-state index is 12.4. The lowest BCUT2D eigenvalue weighted by Crippen LogP contribution is -2.23. The van der Waals surface area contributed by atoms with Crippen LogP contribution in [0.15, 0.2) is 54.6 Å². The highest BCUT2D eigenvalue weighted by Crippen LogP contribution is 2.33. The van der Waals surface area contributed by atoms with Crippen molar-refractivity contribution in [2.75, 3.05) is 13.7 Å². The van der Waals surface area contributed by atoms with Crippen LogP contribution in [0.2, 0.25) is 0 Å². The Morgan fingerprint density at radius 2 is 2.03 bits per heavy atom. The number of hydrogen-bond donors (Lipinski definition) is 2. The van der Waals surface area contributed by atoms with Crippen LogP contribution in [0, 0.1) is 11.3 Å². The number of carbonyl (C=O) groups excluding carboxylic acids is 1. The van der Waals surface area contributed by atoms with Crippen LogP contribution in [0.25, 0.3) is 6.08 Å². The number of amides is 1. The molecule has 0 fully saturated rings. The van der Waals surface area contributed by atoms with Crippen LogP contribution < -0.4 is 14.8 Å². The van der Waals surface area contributed by atoms with Crippen molar-refractivity contribution in [1.29, 1.82) is 5.26 Å². The second-order valence-electron chi connectivity index (χ2n) is 6.15. The molecule has 0 aromatic heterocycles. The zero-order valence-corrected chi connectivity index (χ0v) is 16.6. The first-order chi connectivity index (χ1) is 14.0. The summed E-state index contributed by atoms with van der Waals surface area (Å²) in [6, 6.07) is 12.5. The van der Waals surface area contributed by atoms with Gasteiger partial charge in [-0.25, -0.2) is 0 Å².